The zero-order chi connectivity index (χ0) is 16.6. The highest BCUT2D eigenvalue weighted by molar-refractivity contribution is 5.94. The van der Waals surface area contributed by atoms with Gasteiger partial charge in [0.25, 0.3) is 5.91 Å². The maximum Gasteiger partial charge on any atom is 0.254 e. The molecule has 2 aromatic rings. The summed E-state index contributed by atoms with van der Waals surface area (Å²) >= 11 is 0. The molecule has 2 heterocycles. The van der Waals surface area contributed by atoms with E-state index in [9.17, 15) is 4.79 Å². The number of rotatable bonds is 2. The molecule has 0 saturated carbocycles. The van der Waals surface area contributed by atoms with Crippen LogP contribution in [0.2, 0.25) is 0 Å². The normalized spacial score (nSPS) is 21.5. The highest BCUT2D eigenvalue weighted by Crippen LogP contribution is 2.17. The third kappa shape index (κ3) is 3.01. The number of nitrogens with zero attached hydrogens (tertiary/aromatic N) is 3. The van der Waals surface area contributed by atoms with Crippen LogP contribution in [0.3, 0.4) is 0 Å². The van der Waals surface area contributed by atoms with Crippen LogP contribution in [0.5, 0.6) is 0 Å². The van der Waals surface area contributed by atoms with Gasteiger partial charge in [-0.05, 0) is 58.0 Å². The van der Waals surface area contributed by atoms with Gasteiger partial charge in [-0.1, -0.05) is 0 Å². The van der Waals surface area contributed by atoms with Gasteiger partial charge < -0.3 is 10.2 Å². The lowest BCUT2D eigenvalue weighted by molar-refractivity contribution is 0.0603. The summed E-state index contributed by atoms with van der Waals surface area (Å²) in [5.41, 5.74) is 3.79. The number of hydrogen-bond donors (Lipinski definition) is 1. The van der Waals surface area contributed by atoms with E-state index in [1.165, 1.54) is 0 Å². The van der Waals surface area contributed by atoms with Crippen LogP contribution in [0.1, 0.15) is 35.6 Å². The second-order valence-corrected chi connectivity index (χ2v) is 6.37. The number of nitrogens with one attached hydrogen (secondary N) is 1. The van der Waals surface area contributed by atoms with E-state index in [2.05, 4.69) is 24.3 Å². The molecule has 1 N–H and O–H groups in total. The topological polar surface area (TPSA) is 50.2 Å². The van der Waals surface area contributed by atoms with Gasteiger partial charge in [0.05, 0.1) is 11.4 Å². The fourth-order valence-corrected chi connectivity index (χ4v) is 3.14. The predicted octanol–water partition coefficient (Wildman–Crippen LogP) is 2.31. The zero-order valence-corrected chi connectivity index (χ0v) is 14.2. The zero-order valence-electron chi connectivity index (χ0n) is 14.2. The number of amides is 1. The smallest absolute Gasteiger partial charge is 0.254 e. The van der Waals surface area contributed by atoms with Gasteiger partial charge in [0.1, 0.15) is 0 Å². The van der Waals surface area contributed by atoms with Crippen molar-refractivity contribution in [2.45, 2.75) is 39.8 Å². The van der Waals surface area contributed by atoms with E-state index in [-0.39, 0.29) is 11.9 Å². The Kier molecular flexibility index (Phi) is 4.22. The van der Waals surface area contributed by atoms with Crippen LogP contribution < -0.4 is 5.32 Å². The fourth-order valence-electron chi connectivity index (χ4n) is 3.14. The molecular formula is C18H24N4O. The molecule has 2 unspecified atom stereocenters. The van der Waals surface area contributed by atoms with E-state index < -0.39 is 0 Å². The van der Waals surface area contributed by atoms with Gasteiger partial charge in [-0.25, -0.2) is 4.68 Å². The van der Waals surface area contributed by atoms with Gasteiger partial charge in [0.2, 0.25) is 0 Å². The second-order valence-electron chi connectivity index (χ2n) is 6.37. The maximum absolute atomic E-state index is 12.8. The number of carbonyl (C=O) groups is 1. The summed E-state index contributed by atoms with van der Waals surface area (Å²) in [5, 5.41) is 7.88. The van der Waals surface area contributed by atoms with Gasteiger partial charge in [-0.15, -0.1) is 0 Å². The van der Waals surface area contributed by atoms with Gasteiger partial charge in [-0.3, -0.25) is 4.79 Å². The van der Waals surface area contributed by atoms with Gasteiger partial charge in [0, 0.05) is 36.4 Å². The predicted molar refractivity (Wildman–Crippen MR) is 91.0 cm³/mol. The molecule has 3 rings (SSSR count). The number of benzene rings is 1. The van der Waals surface area contributed by atoms with Crippen LogP contribution in [0.15, 0.2) is 30.3 Å². The minimum atomic E-state index is 0.103. The van der Waals surface area contributed by atoms with Crippen LogP contribution >= 0.6 is 0 Å². The highest BCUT2D eigenvalue weighted by Gasteiger charge is 2.28. The monoisotopic (exact) mass is 312 g/mol. The molecule has 2 atom stereocenters. The molecule has 122 valence electrons. The van der Waals surface area contributed by atoms with Crippen molar-refractivity contribution < 1.29 is 4.79 Å². The van der Waals surface area contributed by atoms with Crippen molar-refractivity contribution in [3.8, 4) is 5.69 Å². The minimum absolute atomic E-state index is 0.103. The molecule has 0 radical (unpaired) electrons. The van der Waals surface area contributed by atoms with Crippen molar-refractivity contribution >= 4 is 5.91 Å². The maximum atomic E-state index is 12.8. The summed E-state index contributed by atoms with van der Waals surface area (Å²) in [7, 11) is 0. The minimum Gasteiger partial charge on any atom is -0.333 e. The van der Waals surface area contributed by atoms with Gasteiger partial charge in [0.15, 0.2) is 0 Å². The van der Waals surface area contributed by atoms with E-state index in [4.69, 9.17) is 0 Å². The summed E-state index contributed by atoms with van der Waals surface area (Å²) < 4.78 is 1.90. The van der Waals surface area contributed by atoms with Crippen LogP contribution in [-0.4, -0.2) is 45.8 Å². The fraction of sp³-hybridized carbons (Fsp3) is 0.444. The Hall–Kier alpha value is -2.14. The van der Waals surface area contributed by atoms with Crippen LogP contribution in [0, 0.1) is 13.8 Å². The lowest BCUT2D eigenvalue weighted by Gasteiger charge is -2.38. The van der Waals surface area contributed by atoms with Gasteiger partial charge >= 0.3 is 0 Å². The summed E-state index contributed by atoms with van der Waals surface area (Å²) in [5.74, 6) is 0.103. The summed E-state index contributed by atoms with van der Waals surface area (Å²) in [4.78, 5) is 14.7. The van der Waals surface area contributed by atoms with Crippen LogP contribution in [0.4, 0.5) is 0 Å². The molecule has 1 fully saturated rings. The molecule has 0 bridgehead atoms. The van der Waals surface area contributed by atoms with Crippen molar-refractivity contribution in [2.75, 3.05) is 13.1 Å². The van der Waals surface area contributed by atoms with E-state index in [1.807, 2.05) is 53.8 Å². The number of aryl methyl sites for hydroxylation is 2. The first-order valence-corrected chi connectivity index (χ1v) is 8.15. The summed E-state index contributed by atoms with van der Waals surface area (Å²) in [6, 6.07) is 10.3. The van der Waals surface area contributed by atoms with Crippen molar-refractivity contribution in [3.63, 3.8) is 0 Å². The Labute approximate surface area is 137 Å². The van der Waals surface area contributed by atoms with Crippen molar-refractivity contribution in [1.29, 1.82) is 0 Å². The molecule has 5 heteroatoms. The third-order valence-electron chi connectivity index (χ3n) is 4.66. The standard InChI is InChI=1S/C18H24N4O/c1-12-11-13(2)22(20-12)17-7-5-16(6-8-17)18(23)21-10-9-19-14(3)15(21)4/h5-8,11,14-15,19H,9-10H2,1-4H3. The molecule has 1 aliphatic rings. The van der Waals surface area contributed by atoms with Crippen molar-refractivity contribution in [2.24, 2.45) is 0 Å². The molecule has 0 aliphatic carbocycles. The quantitative estimate of drug-likeness (QED) is 0.926. The Bertz CT molecular complexity index is 704. The molecule has 1 saturated heterocycles. The molecule has 1 amide bonds. The van der Waals surface area contributed by atoms with Crippen molar-refractivity contribution in [1.82, 2.24) is 20.0 Å². The second kappa shape index (κ2) is 6.16. The lowest BCUT2D eigenvalue weighted by atomic mass is 10.1. The molecule has 1 aromatic heterocycles. The molecule has 1 aromatic carbocycles. The Balaban J connectivity index is 1.82. The molecule has 1 aliphatic heterocycles. The SMILES string of the molecule is Cc1cc(C)n(-c2ccc(C(=O)N3CCNC(C)C3C)cc2)n1. The number of piperazine rings is 1. The average Bonchev–Trinajstić information content (AvgIpc) is 2.88. The van der Waals surface area contributed by atoms with Gasteiger partial charge in [-0.2, -0.15) is 5.10 Å². The van der Waals surface area contributed by atoms with E-state index >= 15 is 0 Å². The Morgan fingerprint density at radius 3 is 2.52 bits per heavy atom. The first kappa shape index (κ1) is 15.7. The molecule has 0 spiro atoms. The van der Waals surface area contributed by atoms with Crippen LogP contribution in [-0.2, 0) is 0 Å². The summed E-state index contributed by atoms with van der Waals surface area (Å²) in [6.07, 6.45) is 0. The molecule has 5 nitrogen and oxygen atoms in total. The Morgan fingerprint density at radius 1 is 1.22 bits per heavy atom. The molecular weight excluding hydrogens is 288 g/mol. The average molecular weight is 312 g/mol. The van der Waals surface area contributed by atoms with E-state index in [1.54, 1.807) is 0 Å². The first-order valence-electron chi connectivity index (χ1n) is 8.15. The number of hydrogen-bond acceptors (Lipinski definition) is 3. The Morgan fingerprint density at radius 2 is 1.91 bits per heavy atom. The van der Waals surface area contributed by atoms with Crippen LogP contribution in [0.25, 0.3) is 5.69 Å². The van der Waals surface area contributed by atoms with E-state index in [0.717, 1.165) is 35.7 Å². The first-order chi connectivity index (χ1) is 11.0. The summed E-state index contributed by atoms with van der Waals surface area (Å²) in [6.45, 7) is 9.83. The van der Waals surface area contributed by atoms with E-state index in [0.29, 0.717) is 6.04 Å². The lowest BCUT2D eigenvalue weighted by Crippen LogP contribution is -2.57. The largest absolute Gasteiger partial charge is 0.333 e. The molecule has 23 heavy (non-hydrogen) atoms. The number of carbonyl (C=O) groups excluding carboxylic acids is 1. The highest BCUT2D eigenvalue weighted by atomic mass is 16.2. The number of aromatic nitrogens is 2. The van der Waals surface area contributed by atoms with Crippen molar-refractivity contribution in [3.05, 3.63) is 47.3 Å². The third-order valence-corrected chi connectivity index (χ3v) is 4.66.